The Kier molecular flexibility index (Phi) is 28.0. The number of rotatable bonds is 34. The monoisotopic (exact) mass is 720 g/mol. The van der Waals surface area contributed by atoms with E-state index in [2.05, 4.69) is 88.2 Å². The maximum absolute atomic E-state index is 6.88. The zero-order chi connectivity index (χ0) is 38.1. The van der Waals surface area contributed by atoms with E-state index < -0.39 is 0 Å². The minimum Gasteiger partial charge on any atom is -0.347 e. The van der Waals surface area contributed by atoms with Crippen molar-refractivity contribution in [1.82, 2.24) is 4.90 Å². The quantitative estimate of drug-likeness (QED) is 0.0661. The first kappa shape index (κ1) is 48.9. The summed E-state index contributed by atoms with van der Waals surface area (Å²) in [6.45, 7) is 26.3. The highest BCUT2D eigenvalue weighted by atomic mass is 16.7. The van der Waals surface area contributed by atoms with Gasteiger partial charge >= 0.3 is 0 Å². The molecule has 1 aliphatic heterocycles. The second-order valence-electron chi connectivity index (χ2n) is 20.0. The van der Waals surface area contributed by atoms with Gasteiger partial charge in [0.1, 0.15) is 0 Å². The molecule has 8 atom stereocenters. The molecule has 0 aromatic heterocycles. The Morgan fingerprint density at radius 2 is 0.765 bits per heavy atom. The minimum absolute atomic E-state index is 0.271. The molecule has 0 spiro atoms. The first-order valence-corrected chi connectivity index (χ1v) is 23.2. The van der Waals surface area contributed by atoms with E-state index in [9.17, 15) is 0 Å². The summed E-state index contributed by atoms with van der Waals surface area (Å²) in [5.74, 6) is 6.41. The minimum atomic E-state index is -0.344. The molecule has 1 aliphatic rings. The third-order valence-electron chi connectivity index (χ3n) is 12.6. The van der Waals surface area contributed by atoms with Gasteiger partial charge < -0.3 is 14.4 Å². The van der Waals surface area contributed by atoms with Crippen molar-refractivity contribution in [1.29, 1.82) is 0 Å². The second kappa shape index (κ2) is 29.2. The molecule has 1 saturated heterocycles. The van der Waals surface area contributed by atoms with Crippen LogP contribution >= 0.6 is 0 Å². The molecule has 1 rings (SSSR count). The molecule has 1 fully saturated rings. The Labute approximate surface area is 323 Å². The van der Waals surface area contributed by atoms with Gasteiger partial charge in [0, 0.05) is 12.8 Å². The standard InChI is InChI=1S/C48H97NO2/c1-39(2)20-13-22-41(5)24-15-26-43(7)28-17-30-45(9)33-35-48(50-38-47(51-48)32-19-37-49(11)12)36-34-46(10)31-18-29-44(8)27-16-25-42(6)23-14-21-40(3)4/h39-47H,13-38H2,1-12H3/t41?,42?,43?,44?,45-,46?,47?,48?/m1/s1. The van der Waals surface area contributed by atoms with Crippen molar-refractivity contribution in [3.8, 4) is 0 Å². The normalized spacial score (nSPS) is 21.8. The molecule has 1 heterocycles. The van der Waals surface area contributed by atoms with Crippen LogP contribution in [-0.4, -0.2) is 44.0 Å². The van der Waals surface area contributed by atoms with Gasteiger partial charge in [-0.2, -0.15) is 0 Å². The molecular weight excluding hydrogens is 623 g/mol. The molecule has 0 aromatic rings. The van der Waals surface area contributed by atoms with Crippen LogP contribution in [0.1, 0.15) is 223 Å². The molecule has 0 aromatic carbocycles. The SMILES string of the molecule is CC(C)CCCC(C)CCCC(C)CCCC(C)CCC1(CC[C@H](C)CCCC(C)CCCC(C)CCCC(C)C)OCC(CCCN(C)C)O1. The van der Waals surface area contributed by atoms with Gasteiger partial charge in [-0.1, -0.05) is 185 Å². The largest absolute Gasteiger partial charge is 0.347 e. The Morgan fingerprint density at radius 1 is 0.451 bits per heavy atom. The summed E-state index contributed by atoms with van der Waals surface area (Å²) < 4.78 is 13.5. The molecular formula is C48H97NO2. The van der Waals surface area contributed by atoms with Gasteiger partial charge in [0.15, 0.2) is 5.79 Å². The lowest BCUT2D eigenvalue weighted by Gasteiger charge is -2.31. The van der Waals surface area contributed by atoms with Crippen molar-refractivity contribution in [3.05, 3.63) is 0 Å². The summed E-state index contributed by atoms with van der Waals surface area (Å²) in [4.78, 5) is 2.29. The van der Waals surface area contributed by atoms with Crippen LogP contribution in [0.2, 0.25) is 0 Å². The van der Waals surface area contributed by atoms with Crippen molar-refractivity contribution >= 4 is 0 Å². The lowest BCUT2D eigenvalue weighted by atomic mass is 9.88. The highest BCUT2D eigenvalue weighted by Gasteiger charge is 2.41. The van der Waals surface area contributed by atoms with E-state index in [4.69, 9.17) is 9.47 Å². The fourth-order valence-corrected chi connectivity index (χ4v) is 8.59. The molecule has 0 aliphatic carbocycles. The van der Waals surface area contributed by atoms with Gasteiger partial charge in [0.25, 0.3) is 0 Å². The maximum Gasteiger partial charge on any atom is 0.168 e. The van der Waals surface area contributed by atoms with Crippen molar-refractivity contribution in [2.24, 2.45) is 47.3 Å². The average Bonchev–Trinajstić information content (AvgIpc) is 3.45. The number of hydrogen-bond acceptors (Lipinski definition) is 3. The van der Waals surface area contributed by atoms with Crippen LogP contribution in [0.5, 0.6) is 0 Å². The molecule has 0 bridgehead atoms. The Morgan fingerprint density at radius 3 is 1.08 bits per heavy atom. The predicted octanol–water partition coefficient (Wildman–Crippen LogP) is 15.2. The van der Waals surface area contributed by atoms with Crippen LogP contribution < -0.4 is 0 Å². The number of nitrogens with zero attached hydrogens (tertiary/aromatic N) is 1. The first-order valence-electron chi connectivity index (χ1n) is 23.2. The van der Waals surface area contributed by atoms with Gasteiger partial charge in [-0.15, -0.1) is 0 Å². The molecule has 0 amide bonds. The summed E-state index contributed by atoms with van der Waals surface area (Å²) >= 11 is 0. The van der Waals surface area contributed by atoms with Crippen LogP contribution in [-0.2, 0) is 9.47 Å². The molecule has 51 heavy (non-hydrogen) atoms. The van der Waals surface area contributed by atoms with E-state index in [0.29, 0.717) is 0 Å². The van der Waals surface area contributed by atoms with Gasteiger partial charge in [-0.3, -0.25) is 0 Å². The van der Waals surface area contributed by atoms with Crippen molar-refractivity contribution < 1.29 is 9.47 Å². The van der Waals surface area contributed by atoms with Crippen LogP contribution in [0.25, 0.3) is 0 Å². The van der Waals surface area contributed by atoms with Crippen molar-refractivity contribution in [2.75, 3.05) is 27.2 Å². The molecule has 3 nitrogen and oxygen atoms in total. The first-order chi connectivity index (χ1) is 24.2. The zero-order valence-electron chi connectivity index (χ0n) is 37.3. The molecule has 3 heteroatoms. The summed E-state index contributed by atoms with van der Waals surface area (Å²) in [5, 5.41) is 0. The average molecular weight is 720 g/mol. The fraction of sp³-hybridized carbons (Fsp3) is 1.00. The van der Waals surface area contributed by atoms with Crippen LogP contribution in [0.4, 0.5) is 0 Å². The Balaban J connectivity index is 2.42. The number of hydrogen-bond donors (Lipinski definition) is 0. The van der Waals surface area contributed by atoms with E-state index in [-0.39, 0.29) is 11.9 Å². The topological polar surface area (TPSA) is 21.7 Å². The second-order valence-corrected chi connectivity index (χ2v) is 20.0. The van der Waals surface area contributed by atoms with Gasteiger partial charge in [0.05, 0.1) is 12.7 Å². The van der Waals surface area contributed by atoms with Crippen molar-refractivity contribution in [2.45, 2.75) is 235 Å². The third kappa shape index (κ3) is 27.2. The van der Waals surface area contributed by atoms with E-state index in [1.807, 2.05) is 0 Å². The van der Waals surface area contributed by atoms with Gasteiger partial charge in [-0.05, 0) is 93.7 Å². The lowest BCUT2D eigenvalue weighted by molar-refractivity contribution is -0.182. The molecule has 0 radical (unpaired) electrons. The highest BCUT2D eigenvalue weighted by Crippen LogP contribution is 2.38. The van der Waals surface area contributed by atoms with Crippen LogP contribution in [0.3, 0.4) is 0 Å². The van der Waals surface area contributed by atoms with Crippen LogP contribution in [0.15, 0.2) is 0 Å². The summed E-state index contributed by atoms with van der Waals surface area (Å²) in [6.07, 6.45) is 32.4. The maximum atomic E-state index is 6.88. The molecule has 306 valence electrons. The van der Waals surface area contributed by atoms with Crippen LogP contribution in [0, 0.1) is 47.3 Å². The molecule has 7 unspecified atom stereocenters. The Bertz CT molecular complexity index is 731. The predicted molar refractivity (Wildman–Crippen MR) is 228 cm³/mol. The highest BCUT2D eigenvalue weighted by molar-refractivity contribution is 4.81. The molecule has 0 saturated carbocycles. The van der Waals surface area contributed by atoms with Gasteiger partial charge in [-0.25, -0.2) is 0 Å². The van der Waals surface area contributed by atoms with E-state index in [1.165, 1.54) is 135 Å². The van der Waals surface area contributed by atoms with E-state index in [1.54, 1.807) is 0 Å². The number of ether oxygens (including phenoxy) is 2. The van der Waals surface area contributed by atoms with Gasteiger partial charge in [0.2, 0.25) is 0 Å². The Hall–Kier alpha value is -0.120. The summed E-state index contributed by atoms with van der Waals surface area (Å²) in [7, 11) is 4.35. The molecule has 0 N–H and O–H groups in total. The third-order valence-corrected chi connectivity index (χ3v) is 12.6. The van der Waals surface area contributed by atoms with E-state index >= 15 is 0 Å². The van der Waals surface area contributed by atoms with Crippen molar-refractivity contribution in [3.63, 3.8) is 0 Å². The lowest BCUT2D eigenvalue weighted by Crippen LogP contribution is -2.32. The summed E-state index contributed by atoms with van der Waals surface area (Å²) in [5.41, 5.74) is 0. The smallest absolute Gasteiger partial charge is 0.168 e. The fourth-order valence-electron chi connectivity index (χ4n) is 8.59. The van der Waals surface area contributed by atoms with E-state index in [0.717, 1.165) is 79.8 Å². The zero-order valence-corrected chi connectivity index (χ0v) is 37.3. The summed E-state index contributed by atoms with van der Waals surface area (Å²) in [6, 6.07) is 0.